The van der Waals surface area contributed by atoms with Crippen molar-refractivity contribution in [3.63, 3.8) is 0 Å². The van der Waals surface area contributed by atoms with Crippen LogP contribution in [-0.4, -0.2) is 32.9 Å². The number of nitrogens with zero attached hydrogens (tertiary/aromatic N) is 3. The Morgan fingerprint density at radius 3 is 2.56 bits per heavy atom. The number of urea groups is 1. The fourth-order valence-corrected chi connectivity index (χ4v) is 2.47. The molecule has 0 spiro atoms. The van der Waals surface area contributed by atoms with Crippen molar-refractivity contribution in [1.82, 2.24) is 14.7 Å². The molecule has 0 aliphatic rings. The van der Waals surface area contributed by atoms with Gasteiger partial charge in [0.25, 0.3) is 0 Å². The summed E-state index contributed by atoms with van der Waals surface area (Å²) >= 11 is 0. The lowest BCUT2D eigenvalue weighted by Crippen LogP contribution is -2.31. The average molecular weight is 336 g/mol. The van der Waals surface area contributed by atoms with E-state index in [1.54, 1.807) is 29.9 Å². The fraction of sp³-hybridized carbons (Fsp3) is 0.158. The Hall–Kier alpha value is -3.28. The zero-order valence-electron chi connectivity index (χ0n) is 14.2. The number of carbonyl (C=O) groups excluding carboxylic acids is 1. The molecule has 0 bridgehead atoms. The molecule has 1 aromatic heterocycles. The molecule has 0 aliphatic heterocycles. The van der Waals surface area contributed by atoms with Crippen molar-refractivity contribution < 1.29 is 9.90 Å². The molecule has 0 atom stereocenters. The van der Waals surface area contributed by atoms with Gasteiger partial charge in [0.1, 0.15) is 5.75 Å². The summed E-state index contributed by atoms with van der Waals surface area (Å²) in [5, 5.41) is 17.1. The molecule has 6 nitrogen and oxygen atoms in total. The zero-order valence-corrected chi connectivity index (χ0v) is 14.2. The second-order valence-corrected chi connectivity index (χ2v) is 5.86. The second kappa shape index (κ2) is 7.09. The maximum atomic E-state index is 12.4. The first-order chi connectivity index (χ1) is 12.0. The molecule has 0 radical (unpaired) electrons. The fourth-order valence-electron chi connectivity index (χ4n) is 2.47. The van der Waals surface area contributed by atoms with Gasteiger partial charge < -0.3 is 10.0 Å². The molecule has 0 unspecified atom stereocenters. The Morgan fingerprint density at radius 1 is 1.16 bits per heavy atom. The minimum absolute atomic E-state index is 0.173. The van der Waals surface area contributed by atoms with Gasteiger partial charge in [0.2, 0.25) is 0 Å². The van der Waals surface area contributed by atoms with Gasteiger partial charge in [0.15, 0.2) is 5.82 Å². The van der Waals surface area contributed by atoms with Crippen LogP contribution >= 0.6 is 0 Å². The van der Waals surface area contributed by atoms with Gasteiger partial charge in [-0.1, -0.05) is 36.4 Å². The maximum absolute atomic E-state index is 12.4. The topological polar surface area (TPSA) is 70.4 Å². The summed E-state index contributed by atoms with van der Waals surface area (Å²) in [6, 6.07) is 16.4. The number of hydrogen-bond acceptors (Lipinski definition) is 3. The number of phenolic OH excluding ortho intramolecular Hbond substituents is 1. The lowest BCUT2D eigenvalue weighted by Gasteiger charge is -2.18. The van der Waals surface area contributed by atoms with Gasteiger partial charge in [-0.15, -0.1) is 5.10 Å². The van der Waals surface area contributed by atoms with Gasteiger partial charge in [0.05, 0.1) is 12.2 Å². The predicted octanol–water partition coefficient (Wildman–Crippen LogP) is 3.55. The third-order valence-electron chi connectivity index (χ3n) is 3.89. The van der Waals surface area contributed by atoms with E-state index >= 15 is 0 Å². The van der Waals surface area contributed by atoms with Gasteiger partial charge in [-0.25, -0.2) is 9.48 Å². The number of nitrogens with one attached hydrogen (secondary N) is 1. The summed E-state index contributed by atoms with van der Waals surface area (Å²) in [5.74, 6) is 0.685. The maximum Gasteiger partial charge on any atom is 0.323 e. The number of hydrogen-bond donors (Lipinski definition) is 2. The standard InChI is InChI=1S/C19H20N4O2/c1-14-12-23(16-9-4-3-5-10-16)21-18(14)20-19(25)22(2)13-15-8-6-7-11-17(15)24/h3-12,24H,13H2,1-2H3,(H,20,21,25). The molecule has 1 heterocycles. The normalized spacial score (nSPS) is 10.5. The summed E-state index contributed by atoms with van der Waals surface area (Å²) in [6.07, 6.45) is 1.87. The van der Waals surface area contributed by atoms with E-state index in [2.05, 4.69) is 10.4 Å². The number of rotatable bonds is 4. The Labute approximate surface area is 146 Å². The molecule has 3 rings (SSSR count). The number of anilines is 1. The number of aryl methyl sites for hydroxylation is 1. The molecule has 0 saturated carbocycles. The van der Waals surface area contributed by atoms with E-state index in [1.807, 2.05) is 49.5 Å². The molecule has 128 valence electrons. The minimum Gasteiger partial charge on any atom is -0.508 e. The number of amides is 2. The number of benzene rings is 2. The Kier molecular flexibility index (Phi) is 4.70. The smallest absolute Gasteiger partial charge is 0.323 e. The lowest BCUT2D eigenvalue weighted by molar-refractivity contribution is 0.220. The van der Waals surface area contributed by atoms with Crippen molar-refractivity contribution in [2.24, 2.45) is 0 Å². The van der Waals surface area contributed by atoms with E-state index in [1.165, 1.54) is 4.90 Å². The highest BCUT2D eigenvalue weighted by Crippen LogP contribution is 2.19. The largest absolute Gasteiger partial charge is 0.508 e. The van der Waals surface area contributed by atoms with E-state index in [0.717, 1.165) is 11.3 Å². The summed E-state index contributed by atoms with van der Waals surface area (Å²) in [7, 11) is 1.67. The molecule has 2 amide bonds. The summed E-state index contributed by atoms with van der Waals surface area (Å²) < 4.78 is 1.73. The van der Waals surface area contributed by atoms with Gasteiger partial charge in [-0.05, 0) is 25.1 Å². The van der Waals surface area contributed by atoms with Crippen molar-refractivity contribution in [2.75, 3.05) is 12.4 Å². The summed E-state index contributed by atoms with van der Waals surface area (Å²) in [4.78, 5) is 13.9. The SMILES string of the molecule is Cc1cn(-c2ccccc2)nc1NC(=O)N(C)Cc1ccccc1O. The van der Waals surface area contributed by atoms with Crippen LogP contribution in [0.4, 0.5) is 10.6 Å². The number of aromatic nitrogens is 2. The quantitative estimate of drug-likeness (QED) is 0.765. The monoisotopic (exact) mass is 336 g/mol. The molecule has 6 heteroatoms. The van der Waals surface area contributed by atoms with Crippen molar-refractivity contribution in [3.05, 3.63) is 71.9 Å². The predicted molar refractivity (Wildman–Crippen MR) is 96.9 cm³/mol. The van der Waals surface area contributed by atoms with Gasteiger partial charge in [-0.2, -0.15) is 0 Å². The van der Waals surface area contributed by atoms with E-state index in [-0.39, 0.29) is 11.8 Å². The van der Waals surface area contributed by atoms with Crippen LogP contribution in [0.5, 0.6) is 5.75 Å². The van der Waals surface area contributed by atoms with E-state index < -0.39 is 0 Å². The van der Waals surface area contributed by atoms with Gasteiger partial charge >= 0.3 is 6.03 Å². The highest BCUT2D eigenvalue weighted by atomic mass is 16.3. The molecule has 3 aromatic rings. The first kappa shape index (κ1) is 16.6. The van der Waals surface area contributed by atoms with Crippen LogP contribution in [-0.2, 0) is 6.54 Å². The first-order valence-corrected chi connectivity index (χ1v) is 7.95. The van der Waals surface area contributed by atoms with Crippen molar-refractivity contribution in [1.29, 1.82) is 0 Å². The van der Waals surface area contributed by atoms with E-state index in [0.29, 0.717) is 17.9 Å². The van der Waals surface area contributed by atoms with Crippen LogP contribution in [0.1, 0.15) is 11.1 Å². The van der Waals surface area contributed by atoms with Crippen molar-refractivity contribution in [2.45, 2.75) is 13.5 Å². The molecular weight excluding hydrogens is 316 g/mol. The van der Waals surface area contributed by atoms with Gasteiger partial charge in [-0.3, -0.25) is 5.32 Å². The molecule has 0 saturated heterocycles. The Morgan fingerprint density at radius 2 is 1.84 bits per heavy atom. The van der Waals surface area contributed by atoms with Crippen molar-refractivity contribution in [3.8, 4) is 11.4 Å². The Balaban J connectivity index is 1.71. The molecule has 2 N–H and O–H groups in total. The lowest BCUT2D eigenvalue weighted by atomic mass is 10.2. The third-order valence-corrected chi connectivity index (χ3v) is 3.89. The van der Waals surface area contributed by atoms with Crippen LogP contribution < -0.4 is 5.32 Å². The van der Waals surface area contributed by atoms with Gasteiger partial charge in [0, 0.05) is 24.4 Å². The molecular formula is C19H20N4O2. The van der Waals surface area contributed by atoms with Crippen LogP contribution in [0.2, 0.25) is 0 Å². The first-order valence-electron chi connectivity index (χ1n) is 7.95. The van der Waals surface area contributed by atoms with Crippen LogP contribution in [0.3, 0.4) is 0 Å². The van der Waals surface area contributed by atoms with E-state index in [9.17, 15) is 9.90 Å². The molecule has 0 aliphatic carbocycles. The van der Waals surface area contributed by atoms with Crippen LogP contribution in [0.25, 0.3) is 5.69 Å². The zero-order chi connectivity index (χ0) is 17.8. The van der Waals surface area contributed by atoms with Crippen LogP contribution in [0.15, 0.2) is 60.8 Å². The highest BCUT2D eigenvalue weighted by molar-refractivity contribution is 5.88. The Bertz CT molecular complexity index is 874. The number of aromatic hydroxyl groups is 1. The minimum atomic E-state index is -0.287. The number of carbonyl (C=O) groups is 1. The molecule has 0 fully saturated rings. The third kappa shape index (κ3) is 3.80. The van der Waals surface area contributed by atoms with E-state index in [4.69, 9.17) is 0 Å². The average Bonchev–Trinajstić information content (AvgIpc) is 2.98. The number of para-hydroxylation sites is 2. The number of phenols is 1. The second-order valence-electron chi connectivity index (χ2n) is 5.86. The summed E-state index contributed by atoms with van der Waals surface area (Å²) in [6.45, 7) is 2.20. The molecule has 25 heavy (non-hydrogen) atoms. The van der Waals surface area contributed by atoms with Crippen molar-refractivity contribution >= 4 is 11.8 Å². The van der Waals surface area contributed by atoms with Crippen LogP contribution in [0, 0.1) is 6.92 Å². The highest BCUT2D eigenvalue weighted by Gasteiger charge is 2.15. The summed E-state index contributed by atoms with van der Waals surface area (Å²) in [5.41, 5.74) is 2.48. The molecule has 2 aromatic carbocycles.